The molecule has 1 aromatic heterocycles. The number of hydrogen-bond donors (Lipinski definition) is 3. The van der Waals surface area contributed by atoms with Crippen LogP contribution < -0.4 is 40.0 Å². The van der Waals surface area contributed by atoms with Crippen LogP contribution >= 0.6 is 0 Å². The topological polar surface area (TPSA) is 137 Å². The SMILES string of the molecule is O=C(NCCCCCCOc1cccc(CC2Nc3c(Cc4ccccc4)nc(-c4ccccc4)c[n+]3C2=O)c1)c1ccc(C(=O)O)c(C2=c3cc4c5c(c3Oc3c2cc2c6c3CCCN6CCCC2)CCCN(C=5)CCCC4)c1. The number of anilines is 2. The molecule has 12 nitrogen and oxygen atoms in total. The molecule has 1 unspecified atom stereocenters. The van der Waals surface area contributed by atoms with Crippen molar-refractivity contribution in [2.45, 2.75) is 109 Å². The Hall–Kier alpha value is -8.25. The molecule has 6 aromatic carbocycles. The van der Waals surface area contributed by atoms with E-state index in [2.05, 4.69) is 50.9 Å². The Kier molecular flexibility index (Phi) is 14.4. The molecule has 1 atom stereocenters. The number of carbonyl (C=O) groups is 3. The van der Waals surface area contributed by atoms with Gasteiger partial charge < -0.3 is 29.7 Å². The summed E-state index contributed by atoms with van der Waals surface area (Å²) >= 11 is 0. The number of ether oxygens (including phenoxy) is 2. The summed E-state index contributed by atoms with van der Waals surface area (Å²) in [5.41, 5.74) is 14.0. The maximum Gasteiger partial charge on any atom is 0.359 e. The van der Waals surface area contributed by atoms with Crippen molar-refractivity contribution in [3.05, 3.63) is 193 Å². The van der Waals surface area contributed by atoms with Crippen molar-refractivity contribution in [1.82, 2.24) is 15.2 Å². The highest BCUT2D eigenvalue weighted by Gasteiger charge is 2.41. The molecule has 2 bridgehead atoms. The minimum Gasteiger partial charge on any atom is -0.494 e. The lowest BCUT2D eigenvalue weighted by molar-refractivity contribution is -0.552. The molecule has 7 heterocycles. The van der Waals surface area contributed by atoms with E-state index in [1.54, 1.807) is 16.7 Å². The minimum absolute atomic E-state index is 0.0135. The van der Waals surface area contributed by atoms with Crippen LogP contribution in [-0.4, -0.2) is 78.1 Å². The predicted molar refractivity (Wildman–Crippen MR) is 312 cm³/mol. The monoisotopic (exact) mass is 1070 g/mol. The van der Waals surface area contributed by atoms with Gasteiger partial charge in [-0.3, -0.25) is 10.1 Å². The van der Waals surface area contributed by atoms with Crippen molar-refractivity contribution in [2.24, 2.45) is 0 Å². The van der Waals surface area contributed by atoms with E-state index in [1.165, 1.54) is 33.2 Å². The normalized spacial score (nSPS) is 16.7. The number of benzene rings is 6. The van der Waals surface area contributed by atoms with Crippen molar-refractivity contribution >= 4 is 41.1 Å². The van der Waals surface area contributed by atoms with Gasteiger partial charge in [0.05, 0.1) is 12.2 Å². The number of carbonyl (C=O) groups excluding carboxylic acids is 2. The van der Waals surface area contributed by atoms with Crippen molar-refractivity contribution in [1.29, 1.82) is 0 Å². The third-order valence-electron chi connectivity index (χ3n) is 17.2. The number of nitrogens with zero attached hydrogens (tertiary/aromatic N) is 4. The fourth-order valence-corrected chi connectivity index (χ4v) is 13.3. The second kappa shape index (κ2) is 22.5. The van der Waals surface area contributed by atoms with Crippen LogP contribution in [0.2, 0.25) is 0 Å². The van der Waals surface area contributed by atoms with Gasteiger partial charge in [-0.15, -0.1) is 0 Å². The Morgan fingerprint density at radius 3 is 2.36 bits per heavy atom. The first-order valence-electron chi connectivity index (χ1n) is 29.3. The van der Waals surface area contributed by atoms with Crippen LogP contribution in [0.1, 0.15) is 140 Å². The predicted octanol–water partition coefficient (Wildman–Crippen LogP) is 10.1. The molecule has 0 aliphatic carbocycles. The smallest absolute Gasteiger partial charge is 0.359 e. The lowest BCUT2D eigenvalue weighted by atomic mass is 9.82. The summed E-state index contributed by atoms with van der Waals surface area (Å²) in [7, 11) is 0. The van der Waals surface area contributed by atoms with E-state index < -0.39 is 12.0 Å². The Morgan fingerprint density at radius 2 is 1.50 bits per heavy atom. The molecular weight excluding hydrogens is 997 g/mol. The van der Waals surface area contributed by atoms with Crippen LogP contribution in [-0.2, 0) is 38.5 Å². The summed E-state index contributed by atoms with van der Waals surface area (Å²) in [5, 5.41) is 19.8. The average molecular weight is 1070 g/mol. The van der Waals surface area contributed by atoms with Crippen molar-refractivity contribution < 1.29 is 33.5 Å². The van der Waals surface area contributed by atoms with Gasteiger partial charge in [0.15, 0.2) is 6.04 Å². The van der Waals surface area contributed by atoms with E-state index in [0.717, 1.165) is 184 Å². The van der Waals surface area contributed by atoms with E-state index >= 15 is 0 Å². The minimum atomic E-state index is -1.02. The highest BCUT2D eigenvalue weighted by atomic mass is 16.5. The fourth-order valence-electron chi connectivity index (χ4n) is 13.3. The van der Waals surface area contributed by atoms with E-state index in [9.17, 15) is 19.5 Å². The third-order valence-corrected chi connectivity index (χ3v) is 17.2. The van der Waals surface area contributed by atoms with E-state index in [1.807, 2.05) is 85.1 Å². The number of aromatic carboxylic acids is 1. The summed E-state index contributed by atoms with van der Waals surface area (Å²) in [6.07, 6.45) is 19.0. The van der Waals surface area contributed by atoms with Gasteiger partial charge in [0.2, 0.25) is 0 Å². The van der Waals surface area contributed by atoms with Gasteiger partial charge in [-0.25, -0.2) is 14.6 Å². The summed E-state index contributed by atoms with van der Waals surface area (Å²) < 4.78 is 15.3. The number of aryl methyl sites for hydroxylation is 2. The number of amides is 1. The van der Waals surface area contributed by atoms with Gasteiger partial charge in [-0.1, -0.05) is 85.6 Å². The van der Waals surface area contributed by atoms with Crippen LogP contribution in [0.15, 0.2) is 121 Å². The number of carboxylic acids is 1. The molecule has 12 heteroatoms. The zero-order valence-corrected chi connectivity index (χ0v) is 45.5. The summed E-state index contributed by atoms with van der Waals surface area (Å²) in [5.74, 6) is 1.96. The Morgan fingerprint density at radius 1 is 0.738 bits per heavy atom. The van der Waals surface area contributed by atoms with Gasteiger partial charge in [-0.2, -0.15) is 4.57 Å². The number of fused-ring (bicyclic) bond motifs is 6. The lowest BCUT2D eigenvalue weighted by Gasteiger charge is -2.35. The molecule has 0 spiro atoms. The molecule has 80 heavy (non-hydrogen) atoms. The second-order valence-electron chi connectivity index (χ2n) is 22.6. The maximum absolute atomic E-state index is 14.1. The van der Waals surface area contributed by atoms with E-state index in [4.69, 9.17) is 14.5 Å². The van der Waals surface area contributed by atoms with Crippen LogP contribution in [0.4, 0.5) is 11.5 Å². The van der Waals surface area contributed by atoms with Gasteiger partial charge in [-0.05, 0) is 147 Å². The molecule has 1 amide bonds. The van der Waals surface area contributed by atoms with Gasteiger partial charge in [0, 0.05) is 101 Å². The maximum atomic E-state index is 14.1. The van der Waals surface area contributed by atoms with Gasteiger partial charge in [0.25, 0.3) is 5.91 Å². The largest absolute Gasteiger partial charge is 0.494 e. The van der Waals surface area contributed by atoms with Gasteiger partial charge in [0.1, 0.15) is 34.8 Å². The molecule has 13 rings (SSSR count). The Bertz CT molecular complexity index is 3690. The molecular formula is C68H69N6O6+. The summed E-state index contributed by atoms with van der Waals surface area (Å²) in [6.45, 7) is 5.17. The first-order valence-corrected chi connectivity index (χ1v) is 29.3. The highest BCUT2D eigenvalue weighted by Crippen LogP contribution is 2.49. The number of carboxylic acid groups (broad SMARTS) is 1. The van der Waals surface area contributed by atoms with Crippen molar-refractivity contribution in [3.8, 4) is 28.5 Å². The lowest BCUT2D eigenvalue weighted by Crippen LogP contribution is -2.44. The van der Waals surface area contributed by atoms with Gasteiger partial charge >= 0.3 is 17.7 Å². The Labute approximate surface area is 467 Å². The van der Waals surface area contributed by atoms with Crippen molar-refractivity contribution in [2.75, 3.05) is 49.5 Å². The second-order valence-corrected chi connectivity index (χ2v) is 22.6. The fraction of sp³-hybridized carbons (Fsp3) is 0.338. The molecule has 0 saturated carbocycles. The zero-order chi connectivity index (χ0) is 54.1. The first kappa shape index (κ1) is 51.2. The molecule has 0 radical (unpaired) electrons. The van der Waals surface area contributed by atoms with Crippen LogP contribution in [0.25, 0.3) is 23.0 Å². The number of aromatic nitrogens is 2. The molecule has 6 aliphatic rings. The standard InChI is InChI=1S/C68H68N6O6/c75-66(69-30-11-1-2-14-35-79-50-25-15-20-45(36-50)38-59-67(76)74-43-60(46-21-7-4-8-22-46)70-58(65(74)71-59)37-44-18-5-3-6-19-44)49-28-29-52(68(77)78)54(41-49)61-55-39-47-23-9-12-31-72-32-16-26-51(57(47)42-72)63(55)80-64-53-27-17-34-73-33-13-10-24-48(62(53)73)40-56(61)64/h3-8,15,18-22,25,28-29,36,39-43,59H,1-2,9-14,16-17,23-24,26-27,30-35,37-38H2,(H2,69,75,77,78)/p+1. The number of nitrogens with one attached hydrogen (secondary N) is 2. The number of unbranched alkanes of at least 4 members (excludes halogenated alkanes) is 3. The van der Waals surface area contributed by atoms with Crippen LogP contribution in [0, 0.1) is 0 Å². The molecule has 7 aromatic rings. The highest BCUT2D eigenvalue weighted by molar-refractivity contribution is 6.02. The summed E-state index contributed by atoms with van der Waals surface area (Å²) in [6, 6.07) is 37.5. The quantitative estimate of drug-likeness (QED) is 0.0634. The third kappa shape index (κ3) is 10.2. The summed E-state index contributed by atoms with van der Waals surface area (Å²) in [4.78, 5) is 51.6. The van der Waals surface area contributed by atoms with E-state index in [0.29, 0.717) is 37.1 Å². The van der Waals surface area contributed by atoms with Crippen molar-refractivity contribution in [3.63, 3.8) is 0 Å². The Balaban J connectivity index is 0.675. The molecule has 406 valence electrons. The van der Waals surface area contributed by atoms with Crippen LogP contribution in [0.5, 0.6) is 17.2 Å². The number of rotatable bonds is 16. The molecule has 6 aliphatic heterocycles. The zero-order valence-electron chi connectivity index (χ0n) is 45.5. The van der Waals surface area contributed by atoms with E-state index in [-0.39, 0.29) is 17.4 Å². The molecule has 3 N–H and O–H groups in total. The molecule has 0 saturated heterocycles. The first-order chi connectivity index (χ1) is 39.3. The molecule has 0 fully saturated rings. The average Bonchev–Trinajstić information content (AvgIpc) is 3.79. The van der Waals surface area contributed by atoms with Crippen LogP contribution in [0.3, 0.4) is 0 Å². The number of hydrogen-bond acceptors (Lipinski definition) is 9.